The van der Waals surface area contributed by atoms with Crippen LogP contribution in [0, 0.1) is 23.7 Å². The number of carbonyl (C=O) groups excluding carboxylic acids is 2. The van der Waals surface area contributed by atoms with Crippen molar-refractivity contribution in [1.82, 2.24) is 0 Å². The van der Waals surface area contributed by atoms with Crippen LogP contribution < -0.4 is 4.90 Å². The van der Waals surface area contributed by atoms with E-state index in [2.05, 4.69) is 13.2 Å². The predicted octanol–water partition coefficient (Wildman–Crippen LogP) is 3.95. The molecule has 0 spiro atoms. The number of amides is 2. The van der Waals surface area contributed by atoms with Crippen LogP contribution in [0.1, 0.15) is 6.42 Å². The molecule has 0 bridgehead atoms. The van der Waals surface area contributed by atoms with Gasteiger partial charge in [0.2, 0.25) is 11.8 Å². The van der Waals surface area contributed by atoms with E-state index in [1.807, 2.05) is 54.6 Å². The second kappa shape index (κ2) is 5.45. The van der Waals surface area contributed by atoms with E-state index in [1.54, 1.807) is 0 Å². The highest BCUT2D eigenvalue weighted by molar-refractivity contribution is 6.23. The molecule has 2 aromatic rings. The van der Waals surface area contributed by atoms with E-state index in [0.29, 0.717) is 5.69 Å². The van der Waals surface area contributed by atoms with E-state index in [4.69, 9.17) is 0 Å². The number of carbonyl (C=O) groups is 2. The van der Waals surface area contributed by atoms with Crippen LogP contribution in [0.3, 0.4) is 0 Å². The number of imide groups is 1. The first-order valence-electron chi connectivity index (χ1n) is 8.27. The zero-order valence-corrected chi connectivity index (χ0v) is 13.4. The van der Waals surface area contributed by atoms with Crippen molar-refractivity contribution in [2.45, 2.75) is 6.42 Å². The molecule has 1 heterocycles. The minimum absolute atomic E-state index is 0.0416. The van der Waals surface area contributed by atoms with Crippen molar-refractivity contribution in [2.24, 2.45) is 23.7 Å². The molecule has 3 nitrogen and oxygen atoms in total. The normalized spacial score (nSPS) is 29.1. The summed E-state index contributed by atoms with van der Waals surface area (Å²) in [5.74, 6) is -0.724. The van der Waals surface area contributed by atoms with Crippen LogP contribution in [0.15, 0.2) is 67.8 Å². The third-order valence-corrected chi connectivity index (χ3v) is 5.46. The zero-order chi connectivity index (χ0) is 16.8. The minimum atomic E-state index is -0.301. The molecule has 0 radical (unpaired) electrons. The van der Waals surface area contributed by atoms with E-state index in [1.165, 1.54) is 4.90 Å². The maximum Gasteiger partial charge on any atom is 0.238 e. The highest BCUT2D eigenvalue weighted by atomic mass is 16.2. The van der Waals surface area contributed by atoms with Crippen LogP contribution in [0.4, 0.5) is 5.69 Å². The first-order chi connectivity index (χ1) is 11.7. The van der Waals surface area contributed by atoms with Gasteiger partial charge in [0.1, 0.15) is 0 Å². The lowest BCUT2D eigenvalue weighted by Crippen LogP contribution is -2.33. The van der Waals surface area contributed by atoms with Gasteiger partial charge >= 0.3 is 0 Å². The van der Waals surface area contributed by atoms with Gasteiger partial charge in [-0.15, -0.1) is 13.2 Å². The number of allylic oxidation sites excluding steroid dienone is 2. The summed E-state index contributed by atoms with van der Waals surface area (Å²) in [6, 6.07) is 13.7. The number of hydrogen-bond donors (Lipinski definition) is 0. The summed E-state index contributed by atoms with van der Waals surface area (Å²) in [6.45, 7) is 7.71. The number of benzene rings is 2. The second-order valence-corrected chi connectivity index (χ2v) is 6.63. The molecule has 2 aliphatic rings. The highest BCUT2D eigenvalue weighted by Crippen LogP contribution is 2.49. The van der Waals surface area contributed by atoms with Crippen molar-refractivity contribution in [3.8, 4) is 0 Å². The molecule has 2 fully saturated rings. The van der Waals surface area contributed by atoms with Crippen molar-refractivity contribution >= 4 is 28.3 Å². The Morgan fingerprint density at radius 3 is 2.04 bits per heavy atom. The molecule has 0 aromatic heterocycles. The quantitative estimate of drug-likeness (QED) is 0.635. The van der Waals surface area contributed by atoms with E-state index < -0.39 is 0 Å². The van der Waals surface area contributed by atoms with E-state index in [9.17, 15) is 9.59 Å². The van der Waals surface area contributed by atoms with Crippen LogP contribution in [0.5, 0.6) is 0 Å². The zero-order valence-electron chi connectivity index (χ0n) is 13.4. The standard InChI is InChI=1S/C21H19NO2/c1-3-13-11-14(4-2)19-18(13)20(23)22(21(19)24)17-10-9-15-7-5-6-8-16(15)12-17/h3-10,12-14,18-19H,1-2,11H2. The molecule has 3 heteroatoms. The highest BCUT2D eigenvalue weighted by Gasteiger charge is 2.57. The Labute approximate surface area is 141 Å². The van der Waals surface area contributed by atoms with Gasteiger partial charge in [0, 0.05) is 0 Å². The predicted molar refractivity (Wildman–Crippen MR) is 95.4 cm³/mol. The molecule has 4 rings (SSSR count). The molecule has 1 aliphatic carbocycles. The molecular weight excluding hydrogens is 298 g/mol. The summed E-state index contributed by atoms with van der Waals surface area (Å²) >= 11 is 0. The molecule has 120 valence electrons. The lowest BCUT2D eigenvalue weighted by Gasteiger charge is -2.19. The molecule has 2 amide bonds. The lowest BCUT2D eigenvalue weighted by atomic mass is 9.89. The van der Waals surface area contributed by atoms with Gasteiger partial charge in [0.25, 0.3) is 0 Å². The third-order valence-electron chi connectivity index (χ3n) is 5.46. The first-order valence-corrected chi connectivity index (χ1v) is 8.27. The maximum absolute atomic E-state index is 13.0. The van der Waals surface area contributed by atoms with Gasteiger partial charge in [-0.3, -0.25) is 9.59 Å². The molecule has 4 unspecified atom stereocenters. The summed E-state index contributed by atoms with van der Waals surface area (Å²) in [5, 5.41) is 2.11. The number of anilines is 1. The monoisotopic (exact) mass is 317 g/mol. The number of rotatable bonds is 3. The summed E-state index contributed by atoms with van der Waals surface area (Å²) in [4.78, 5) is 27.3. The number of hydrogen-bond acceptors (Lipinski definition) is 2. The molecule has 2 aromatic carbocycles. The topological polar surface area (TPSA) is 37.4 Å². The second-order valence-electron chi connectivity index (χ2n) is 6.63. The first kappa shape index (κ1) is 14.9. The number of fused-ring (bicyclic) bond motifs is 2. The van der Waals surface area contributed by atoms with E-state index in [-0.39, 0.29) is 35.5 Å². The fraction of sp³-hybridized carbons (Fsp3) is 0.238. The van der Waals surface area contributed by atoms with Crippen molar-refractivity contribution in [1.29, 1.82) is 0 Å². The Balaban J connectivity index is 1.78. The average Bonchev–Trinajstić information content (AvgIpc) is 3.11. The summed E-state index contributed by atoms with van der Waals surface area (Å²) < 4.78 is 0. The van der Waals surface area contributed by atoms with Gasteiger partial charge in [-0.05, 0) is 41.2 Å². The number of nitrogens with zero attached hydrogens (tertiary/aromatic N) is 1. The van der Waals surface area contributed by atoms with Crippen molar-refractivity contribution in [3.63, 3.8) is 0 Å². The summed E-state index contributed by atoms with van der Waals surface area (Å²) in [6.07, 6.45) is 4.41. The van der Waals surface area contributed by atoms with Gasteiger partial charge < -0.3 is 0 Å². The van der Waals surface area contributed by atoms with Gasteiger partial charge in [0.15, 0.2) is 0 Å². The Kier molecular flexibility index (Phi) is 3.38. The van der Waals surface area contributed by atoms with E-state index >= 15 is 0 Å². The van der Waals surface area contributed by atoms with Crippen LogP contribution in [0.2, 0.25) is 0 Å². The molecule has 4 atom stereocenters. The Hall–Kier alpha value is -2.68. The minimum Gasteiger partial charge on any atom is -0.274 e. The largest absolute Gasteiger partial charge is 0.274 e. The van der Waals surface area contributed by atoms with Gasteiger partial charge in [0.05, 0.1) is 17.5 Å². The molecular formula is C21H19NO2. The average molecular weight is 317 g/mol. The van der Waals surface area contributed by atoms with Crippen LogP contribution >= 0.6 is 0 Å². The molecule has 24 heavy (non-hydrogen) atoms. The van der Waals surface area contributed by atoms with Gasteiger partial charge in [-0.2, -0.15) is 0 Å². The molecule has 0 N–H and O–H groups in total. The van der Waals surface area contributed by atoms with Crippen molar-refractivity contribution in [3.05, 3.63) is 67.8 Å². The SMILES string of the molecule is C=CC1CC(C=C)C2C(=O)N(c3ccc4ccccc4c3)C(=O)C12. The Bertz CT molecular complexity index is 837. The Morgan fingerprint density at radius 1 is 0.875 bits per heavy atom. The van der Waals surface area contributed by atoms with Crippen molar-refractivity contribution < 1.29 is 9.59 Å². The fourth-order valence-electron chi connectivity index (χ4n) is 4.28. The Morgan fingerprint density at radius 2 is 1.46 bits per heavy atom. The smallest absolute Gasteiger partial charge is 0.238 e. The van der Waals surface area contributed by atoms with Gasteiger partial charge in [-0.25, -0.2) is 4.90 Å². The lowest BCUT2D eigenvalue weighted by molar-refractivity contribution is -0.123. The third kappa shape index (κ3) is 1.97. The van der Waals surface area contributed by atoms with Crippen LogP contribution in [-0.4, -0.2) is 11.8 Å². The molecule has 1 aliphatic heterocycles. The van der Waals surface area contributed by atoms with Crippen LogP contribution in [-0.2, 0) is 9.59 Å². The fourth-order valence-corrected chi connectivity index (χ4v) is 4.28. The van der Waals surface area contributed by atoms with Gasteiger partial charge in [-0.1, -0.05) is 42.5 Å². The molecule has 1 saturated heterocycles. The maximum atomic E-state index is 13.0. The van der Waals surface area contributed by atoms with Crippen LogP contribution in [0.25, 0.3) is 10.8 Å². The molecule has 1 saturated carbocycles. The summed E-state index contributed by atoms with van der Waals surface area (Å²) in [5.41, 5.74) is 0.656. The van der Waals surface area contributed by atoms with E-state index in [0.717, 1.165) is 17.2 Å². The van der Waals surface area contributed by atoms with Crippen molar-refractivity contribution in [2.75, 3.05) is 4.90 Å². The summed E-state index contributed by atoms with van der Waals surface area (Å²) in [7, 11) is 0.